The fourth-order valence-corrected chi connectivity index (χ4v) is 3.22. The molecule has 4 heteroatoms. The van der Waals surface area contributed by atoms with Crippen molar-refractivity contribution >= 4 is 22.9 Å². The van der Waals surface area contributed by atoms with Crippen LogP contribution in [0.15, 0.2) is 47.8 Å². The summed E-state index contributed by atoms with van der Waals surface area (Å²) in [7, 11) is 0. The molecule has 20 heavy (non-hydrogen) atoms. The van der Waals surface area contributed by atoms with Gasteiger partial charge in [0.15, 0.2) is 0 Å². The third-order valence-electron chi connectivity index (χ3n) is 3.66. The van der Waals surface area contributed by atoms with Crippen molar-refractivity contribution in [2.75, 3.05) is 31.1 Å². The fraction of sp³-hybridized carbons (Fsp3) is 0.312. The molecule has 0 saturated carbocycles. The molecule has 1 amide bonds. The van der Waals surface area contributed by atoms with Crippen LogP contribution in [0.5, 0.6) is 0 Å². The molecule has 0 radical (unpaired) electrons. The van der Waals surface area contributed by atoms with Crippen LogP contribution in [0.4, 0.5) is 5.69 Å². The van der Waals surface area contributed by atoms with Gasteiger partial charge in [-0.2, -0.15) is 0 Å². The van der Waals surface area contributed by atoms with Gasteiger partial charge in [-0.25, -0.2) is 0 Å². The van der Waals surface area contributed by atoms with E-state index in [2.05, 4.69) is 29.2 Å². The van der Waals surface area contributed by atoms with Gasteiger partial charge in [-0.3, -0.25) is 4.79 Å². The van der Waals surface area contributed by atoms with Crippen molar-refractivity contribution in [2.45, 2.75) is 6.42 Å². The molecule has 1 aliphatic heterocycles. The van der Waals surface area contributed by atoms with Crippen molar-refractivity contribution in [2.24, 2.45) is 0 Å². The van der Waals surface area contributed by atoms with E-state index in [-0.39, 0.29) is 5.91 Å². The summed E-state index contributed by atoms with van der Waals surface area (Å²) in [6.45, 7) is 3.47. The number of carbonyl (C=O) groups is 1. The van der Waals surface area contributed by atoms with Crippen LogP contribution < -0.4 is 4.90 Å². The molecule has 2 heterocycles. The third kappa shape index (κ3) is 3.02. The first-order valence-electron chi connectivity index (χ1n) is 6.93. The monoisotopic (exact) mass is 286 g/mol. The van der Waals surface area contributed by atoms with E-state index in [0.29, 0.717) is 6.42 Å². The second-order valence-electron chi connectivity index (χ2n) is 4.96. The number of para-hydroxylation sites is 1. The summed E-state index contributed by atoms with van der Waals surface area (Å²) in [5.74, 6) is 0.250. The number of piperazine rings is 1. The molecule has 1 aromatic heterocycles. The molecule has 3 nitrogen and oxygen atoms in total. The first-order chi connectivity index (χ1) is 9.83. The number of amides is 1. The average molecular weight is 286 g/mol. The Hall–Kier alpha value is -1.81. The minimum Gasteiger partial charge on any atom is -0.368 e. The Labute approximate surface area is 123 Å². The van der Waals surface area contributed by atoms with Crippen LogP contribution in [0.1, 0.15) is 4.88 Å². The highest BCUT2D eigenvalue weighted by atomic mass is 32.1. The molecule has 3 rings (SSSR count). The first-order valence-corrected chi connectivity index (χ1v) is 7.81. The molecule has 0 spiro atoms. The van der Waals surface area contributed by atoms with Crippen molar-refractivity contribution in [1.82, 2.24) is 4.90 Å². The Balaban J connectivity index is 1.54. The zero-order valence-corrected chi connectivity index (χ0v) is 12.2. The first kappa shape index (κ1) is 13.2. The van der Waals surface area contributed by atoms with Crippen molar-refractivity contribution in [3.8, 4) is 0 Å². The van der Waals surface area contributed by atoms with E-state index in [9.17, 15) is 4.79 Å². The lowest BCUT2D eigenvalue weighted by atomic mass is 10.2. The molecule has 1 aliphatic rings. The Bertz CT molecular complexity index is 545. The molecule has 1 aromatic carbocycles. The summed E-state index contributed by atoms with van der Waals surface area (Å²) in [6.07, 6.45) is 0.545. The predicted molar refractivity (Wildman–Crippen MR) is 83.3 cm³/mol. The number of thiophene rings is 1. The molecule has 0 atom stereocenters. The molecule has 0 unspecified atom stereocenters. The third-order valence-corrected chi connectivity index (χ3v) is 4.54. The standard InChI is InChI=1S/C16H18N2OS/c19-16(13-15-7-4-12-20-15)18-10-8-17(9-11-18)14-5-2-1-3-6-14/h1-7,12H,8-11,13H2. The van der Waals surface area contributed by atoms with Crippen molar-refractivity contribution < 1.29 is 4.79 Å². The predicted octanol–water partition coefficient (Wildman–Crippen LogP) is 2.64. The summed E-state index contributed by atoms with van der Waals surface area (Å²) in [6, 6.07) is 14.4. The SMILES string of the molecule is O=C(Cc1cccs1)N1CCN(c2ccccc2)CC1. The molecule has 2 aromatic rings. The van der Waals surface area contributed by atoms with Gasteiger partial charge in [0.25, 0.3) is 0 Å². The highest BCUT2D eigenvalue weighted by Crippen LogP contribution is 2.17. The molecular formula is C16H18N2OS. The zero-order chi connectivity index (χ0) is 13.8. The summed E-state index contributed by atoms with van der Waals surface area (Å²) < 4.78 is 0. The maximum Gasteiger partial charge on any atom is 0.227 e. The minimum atomic E-state index is 0.250. The van der Waals surface area contributed by atoms with E-state index in [1.807, 2.05) is 28.5 Å². The lowest BCUT2D eigenvalue weighted by molar-refractivity contribution is -0.130. The number of hydrogen-bond acceptors (Lipinski definition) is 3. The summed E-state index contributed by atoms with van der Waals surface area (Å²) in [4.78, 5) is 17.7. The largest absolute Gasteiger partial charge is 0.368 e. The number of rotatable bonds is 3. The van der Waals surface area contributed by atoms with Crippen LogP contribution in [0.25, 0.3) is 0 Å². The van der Waals surface area contributed by atoms with Crippen LogP contribution in [0, 0.1) is 0 Å². The smallest absolute Gasteiger partial charge is 0.227 e. The van der Waals surface area contributed by atoms with E-state index in [1.54, 1.807) is 11.3 Å². The normalized spacial score (nSPS) is 15.4. The minimum absolute atomic E-state index is 0.250. The second kappa shape index (κ2) is 6.09. The number of anilines is 1. The molecule has 1 saturated heterocycles. The highest BCUT2D eigenvalue weighted by molar-refractivity contribution is 7.10. The van der Waals surface area contributed by atoms with E-state index < -0.39 is 0 Å². The number of carbonyl (C=O) groups excluding carboxylic acids is 1. The lowest BCUT2D eigenvalue weighted by Gasteiger charge is -2.36. The maximum atomic E-state index is 12.2. The molecule has 0 N–H and O–H groups in total. The van der Waals surface area contributed by atoms with Gasteiger partial charge in [0.1, 0.15) is 0 Å². The van der Waals surface area contributed by atoms with Crippen LogP contribution in [-0.4, -0.2) is 37.0 Å². The molecule has 0 bridgehead atoms. The Morgan fingerprint density at radius 1 is 1.00 bits per heavy atom. The van der Waals surface area contributed by atoms with Crippen LogP contribution in [0.3, 0.4) is 0 Å². The van der Waals surface area contributed by atoms with Gasteiger partial charge in [-0.1, -0.05) is 24.3 Å². The van der Waals surface area contributed by atoms with Gasteiger partial charge in [-0.05, 0) is 23.6 Å². The Morgan fingerprint density at radius 3 is 2.40 bits per heavy atom. The molecule has 1 fully saturated rings. The van der Waals surface area contributed by atoms with Crippen molar-refractivity contribution in [3.63, 3.8) is 0 Å². The summed E-state index contributed by atoms with van der Waals surface area (Å²) in [5.41, 5.74) is 1.25. The maximum absolute atomic E-state index is 12.2. The zero-order valence-electron chi connectivity index (χ0n) is 11.4. The van der Waals surface area contributed by atoms with E-state index in [0.717, 1.165) is 31.1 Å². The van der Waals surface area contributed by atoms with Gasteiger partial charge in [0.05, 0.1) is 6.42 Å². The summed E-state index contributed by atoms with van der Waals surface area (Å²) in [5, 5.41) is 2.02. The van der Waals surface area contributed by atoms with Crippen molar-refractivity contribution in [1.29, 1.82) is 0 Å². The highest BCUT2D eigenvalue weighted by Gasteiger charge is 2.21. The lowest BCUT2D eigenvalue weighted by Crippen LogP contribution is -2.49. The van der Waals surface area contributed by atoms with Crippen molar-refractivity contribution in [3.05, 3.63) is 52.7 Å². The van der Waals surface area contributed by atoms with Gasteiger partial charge in [0.2, 0.25) is 5.91 Å². The number of nitrogens with zero attached hydrogens (tertiary/aromatic N) is 2. The number of hydrogen-bond donors (Lipinski definition) is 0. The van der Waals surface area contributed by atoms with E-state index in [1.165, 1.54) is 5.69 Å². The van der Waals surface area contributed by atoms with E-state index in [4.69, 9.17) is 0 Å². The Morgan fingerprint density at radius 2 is 1.75 bits per heavy atom. The van der Waals surface area contributed by atoms with Gasteiger partial charge < -0.3 is 9.80 Å². The average Bonchev–Trinajstić information content (AvgIpc) is 3.01. The van der Waals surface area contributed by atoms with Crippen LogP contribution >= 0.6 is 11.3 Å². The van der Waals surface area contributed by atoms with Crippen LogP contribution in [0.2, 0.25) is 0 Å². The fourth-order valence-electron chi connectivity index (χ4n) is 2.53. The molecular weight excluding hydrogens is 268 g/mol. The van der Waals surface area contributed by atoms with Gasteiger partial charge in [0, 0.05) is 36.7 Å². The Kier molecular flexibility index (Phi) is 4.02. The van der Waals surface area contributed by atoms with Crippen LogP contribution in [-0.2, 0) is 11.2 Å². The quantitative estimate of drug-likeness (QED) is 0.866. The van der Waals surface area contributed by atoms with Gasteiger partial charge >= 0.3 is 0 Å². The summed E-state index contributed by atoms with van der Waals surface area (Å²) >= 11 is 1.65. The topological polar surface area (TPSA) is 23.6 Å². The van der Waals surface area contributed by atoms with Gasteiger partial charge in [-0.15, -0.1) is 11.3 Å². The molecule has 0 aliphatic carbocycles. The molecule has 104 valence electrons. The second-order valence-corrected chi connectivity index (χ2v) is 5.99. The number of benzene rings is 1. The van der Waals surface area contributed by atoms with E-state index >= 15 is 0 Å².